The molecule has 2 rings (SSSR count). The molecule has 2 amide bonds. The molecule has 2 aromatic rings. The van der Waals surface area contributed by atoms with Gasteiger partial charge in [0, 0.05) is 26.6 Å². The number of likely N-dealkylation sites (N-methyl/N-ethyl adjacent to an activating group) is 1. The second kappa shape index (κ2) is 11.8. The fraction of sp³-hybridized carbons (Fsp3) is 0.440. The van der Waals surface area contributed by atoms with Gasteiger partial charge in [-0.05, 0) is 55.5 Å². The third-order valence-corrected chi connectivity index (χ3v) is 6.99. The van der Waals surface area contributed by atoms with Crippen LogP contribution < -0.4 is 9.62 Å². The van der Waals surface area contributed by atoms with Crippen LogP contribution in [-0.4, -0.2) is 51.0 Å². The lowest BCUT2D eigenvalue weighted by molar-refractivity contribution is -0.140. The number of carbonyl (C=O) groups excluding carboxylic acids is 2. The number of hydrogen-bond acceptors (Lipinski definition) is 4. The highest BCUT2D eigenvalue weighted by Crippen LogP contribution is 2.20. The monoisotopic (exact) mass is 473 g/mol. The summed E-state index contributed by atoms with van der Waals surface area (Å²) in [5.41, 5.74) is 3.71. The highest BCUT2D eigenvalue weighted by atomic mass is 32.2. The van der Waals surface area contributed by atoms with Crippen molar-refractivity contribution in [3.05, 3.63) is 65.2 Å². The van der Waals surface area contributed by atoms with Crippen LogP contribution in [0.2, 0.25) is 0 Å². The van der Waals surface area contributed by atoms with Crippen molar-refractivity contribution in [3.8, 4) is 0 Å². The number of sulfonamides is 1. The van der Waals surface area contributed by atoms with E-state index in [0.717, 1.165) is 23.1 Å². The van der Waals surface area contributed by atoms with Gasteiger partial charge in [-0.1, -0.05) is 43.3 Å². The van der Waals surface area contributed by atoms with Crippen molar-refractivity contribution in [3.63, 3.8) is 0 Å². The molecule has 0 saturated heterocycles. The second-order valence-corrected chi connectivity index (χ2v) is 10.1. The summed E-state index contributed by atoms with van der Waals surface area (Å²) in [5.74, 6) is -0.435. The Morgan fingerprint density at radius 3 is 2.24 bits per heavy atom. The maximum Gasteiger partial charge on any atom is 0.242 e. The summed E-state index contributed by atoms with van der Waals surface area (Å²) >= 11 is 0. The molecule has 0 aromatic heterocycles. The lowest BCUT2D eigenvalue weighted by atomic mass is 10.1. The van der Waals surface area contributed by atoms with Crippen molar-refractivity contribution in [1.82, 2.24) is 10.2 Å². The molecule has 0 aliphatic carbocycles. The van der Waals surface area contributed by atoms with Crippen molar-refractivity contribution in [2.75, 3.05) is 24.2 Å². The number of rotatable bonds is 11. The van der Waals surface area contributed by atoms with Crippen LogP contribution >= 0.6 is 0 Å². The molecule has 1 atom stereocenters. The van der Waals surface area contributed by atoms with Crippen LogP contribution in [0.15, 0.2) is 48.5 Å². The molecule has 0 heterocycles. The molecule has 180 valence electrons. The van der Waals surface area contributed by atoms with Gasteiger partial charge in [-0.2, -0.15) is 0 Å². The van der Waals surface area contributed by atoms with Gasteiger partial charge < -0.3 is 10.2 Å². The van der Waals surface area contributed by atoms with E-state index in [1.165, 1.54) is 10.6 Å². The summed E-state index contributed by atoms with van der Waals surface area (Å²) in [6, 6.07) is 14.5. The van der Waals surface area contributed by atoms with Crippen molar-refractivity contribution < 1.29 is 18.0 Å². The zero-order chi connectivity index (χ0) is 24.6. The normalized spacial score (nSPS) is 12.2. The third-order valence-electron chi connectivity index (χ3n) is 5.80. The topological polar surface area (TPSA) is 86.8 Å². The van der Waals surface area contributed by atoms with E-state index in [4.69, 9.17) is 0 Å². The predicted octanol–water partition coefficient (Wildman–Crippen LogP) is 3.27. The van der Waals surface area contributed by atoms with Crippen LogP contribution in [0, 0.1) is 6.92 Å². The van der Waals surface area contributed by atoms with Gasteiger partial charge in [0.2, 0.25) is 21.8 Å². The van der Waals surface area contributed by atoms with Gasteiger partial charge in [0.1, 0.15) is 6.04 Å². The summed E-state index contributed by atoms with van der Waals surface area (Å²) in [6.07, 6.45) is 2.51. The first-order valence-electron chi connectivity index (χ1n) is 11.2. The van der Waals surface area contributed by atoms with E-state index < -0.39 is 16.1 Å². The van der Waals surface area contributed by atoms with Gasteiger partial charge in [0.25, 0.3) is 0 Å². The summed E-state index contributed by atoms with van der Waals surface area (Å²) < 4.78 is 26.1. The van der Waals surface area contributed by atoms with Gasteiger partial charge in [0.15, 0.2) is 0 Å². The first-order valence-corrected chi connectivity index (χ1v) is 13.1. The fourth-order valence-corrected chi connectivity index (χ4v) is 4.63. The Hall–Kier alpha value is -2.87. The molecule has 0 aliphatic rings. The van der Waals surface area contributed by atoms with Gasteiger partial charge in [0.05, 0.1) is 11.9 Å². The van der Waals surface area contributed by atoms with Crippen LogP contribution in [0.4, 0.5) is 5.69 Å². The highest BCUT2D eigenvalue weighted by molar-refractivity contribution is 7.92. The molecular formula is C25H35N3O4S. The van der Waals surface area contributed by atoms with Crippen LogP contribution in [0.1, 0.15) is 43.4 Å². The molecule has 8 heteroatoms. The van der Waals surface area contributed by atoms with E-state index in [9.17, 15) is 18.0 Å². The lowest BCUT2D eigenvalue weighted by Crippen LogP contribution is -2.47. The molecule has 1 N–H and O–H groups in total. The maximum atomic E-state index is 13.1. The van der Waals surface area contributed by atoms with Gasteiger partial charge in [-0.15, -0.1) is 0 Å². The SMILES string of the molecule is CCc1ccc(N(CCCC(=O)N(Cc2ccccc2C)[C@@H](C)C(=O)NC)S(C)(=O)=O)cc1. The fourth-order valence-electron chi connectivity index (χ4n) is 3.66. The van der Waals surface area contributed by atoms with Crippen LogP contribution in [0.25, 0.3) is 0 Å². The molecule has 0 saturated carbocycles. The molecule has 2 aromatic carbocycles. The Bertz CT molecular complexity index is 1050. The van der Waals surface area contributed by atoms with E-state index in [1.807, 2.05) is 50.2 Å². The number of aryl methyl sites for hydroxylation is 2. The zero-order valence-corrected chi connectivity index (χ0v) is 21.0. The second-order valence-electron chi connectivity index (χ2n) is 8.20. The molecule has 0 radical (unpaired) electrons. The van der Waals surface area contributed by atoms with E-state index in [2.05, 4.69) is 5.32 Å². The Morgan fingerprint density at radius 2 is 1.70 bits per heavy atom. The molecule has 0 fully saturated rings. The number of carbonyl (C=O) groups is 2. The van der Waals surface area contributed by atoms with Crippen LogP contribution in [-0.2, 0) is 32.6 Å². The summed E-state index contributed by atoms with van der Waals surface area (Å²) in [4.78, 5) is 27.0. The number of benzene rings is 2. The zero-order valence-electron chi connectivity index (χ0n) is 20.2. The third kappa shape index (κ3) is 7.32. The molecule has 0 bridgehead atoms. The number of hydrogen-bond donors (Lipinski definition) is 1. The molecule has 33 heavy (non-hydrogen) atoms. The maximum absolute atomic E-state index is 13.1. The summed E-state index contributed by atoms with van der Waals surface area (Å²) in [6.45, 7) is 6.21. The molecule has 7 nitrogen and oxygen atoms in total. The Balaban J connectivity index is 2.14. The number of nitrogens with zero attached hydrogens (tertiary/aromatic N) is 2. The summed E-state index contributed by atoms with van der Waals surface area (Å²) in [5, 5.41) is 2.61. The highest BCUT2D eigenvalue weighted by Gasteiger charge is 2.26. The Morgan fingerprint density at radius 1 is 1.06 bits per heavy atom. The molecular weight excluding hydrogens is 438 g/mol. The smallest absolute Gasteiger partial charge is 0.242 e. The average molecular weight is 474 g/mol. The van der Waals surface area contributed by atoms with Crippen molar-refractivity contribution in [1.29, 1.82) is 0 Å². The quantitative estimate of drug-likeness (QED) is 0.543. The van der Waals surface area contributed by atoms with E-state index in [1.54, 1.807) is 31.0 Å². The largest absolute Gasteiger partial charge is 0.357 e. The Kier molecular flexibility index (Phi) is 9.46. The minimum Gasteiger partial charge on any atom is -0.357 e. The van der Waals surface area contributed by atoms with Crippen LogP contribution in [0.5, 0.6) is 0 Å². The molecule has 0 aliphatic heterocycles. The standard InChI is InChI=1S/C25H35N3O4S/c1-6-21-13-15-23(16-14-21)28(33(5,31)32)17-9-12-24(29)27(20(3)25(30)26-4)18-22-11-8-7-10-19(22)2/h7-8,10-11,13-16,20H,6,9,12,17-18H2,1-5H3,(H,26,30)/t20-/m0/s1. The van der Waals surface area contributed by atoms with Crippen molar-refractivity contribution in [2.24, 2.45) is 0 Å². The minimum absolute atomic E-state index is 0.131. The van der Waals surface area contributed by atoms with Gasteiger partial charge in [-0.25, -0.2) is 8.42 Å². The molecule has 0 spiro atoms. The van der Waals surface area contributed by atoms with Crippen LogP contribution in [0.3, 0.4) is 0 Å². The van der Waals surface area contributed by atoms with Crippen molar-refractivity contribution >= 4 is 27.5 Å². The Labute approximate surface area is 197 Å². The van der Waals surface area contributed by atoms with Gasteiger partial charge in [-0.3, -0.25) is 13.9 Å². The van der Waals surface area contributed by atoms with E-state index in [0.29, 0.717) is 18.7 Å². The number of amides is 2. The predicted molar refractivity (Wildman–Crippen MR) is 133 cm³/mol. The number of anilines is 1. The van der Waals surface area contributed by atoms with Gasteiger partial charge >= 0.3 is 0 Å². The average Bonchev–Trinajstić information content (AvgIpc) is 2.79. The first-order chi connectivity index (χ1) is 15.6. The van der Waals surface area contributed by atoms with E-state index >= 15 is 0 Å². The van der Waals surface area contributed by atoms with E-state index in [-0.39, 0.29) is 24.8 Å². The number of nitrogens with one attached hydrogen (secondary N) is 1. The van der Waals surface area contributed by atoms with Crippen molar-refractivity contribution in [2.45, 2.75) is 52.6 Å². The summed E-state index contributed by atoms with van der Waals surface area (Å²) in [7, 11) is -1.95. The first kappa shape index (κ1) is 26.4. The molecule has 0 unspecified atom stereocenters. The minimum atomic E-state index is -3.50. The lowest BCUT2D eigenvalue weighted by Gasteiger charge is -2.29.